The summed E-state index contributed by atoms with van der Waals surface area (Å²) in [6, 6.07) is 10.0. The Kier molecular flexibility index (Phi) is 2.33. The number of para-hydroxylation sites is 1. The fourth-order valence-electron chi connectivity index (χ4n) is 1.46. The summed E-state index contributed by atoms with van der Waals surface area (Å²) in [6.07, 6.45) is 3.69. The zero-order valence-electron chi connectivity index (χ0n) is 8.09. The zero-order chi connectivity index (χ0) is 9.97. The molecule has 0 bridgehead atoms. The Labute approximate surface area is 83.2 Å². The van der Waals surface area contributed by atoms with E-state index < -0.39 is 0 Å². The summed E-state index contributed by atoms with van der Waals surface area (Å²) >= 11 is 0. The lowest BCUT2D eigenvalue weighted by Crippen LogP contribution is -2.11. The average molecular weight is 187 g/mol. The van der Waals surface area contributed by atoms with E-state index in [4.69, 9.17) is 5.73 Å². The average Bonchev–Trinajstić information content (AvgIpc) is 2.67. The molecule has 3 nitrogen and oxygen atoms in total. The Morgan fingerprint density at radius 1 is 1.29 bits per heavy atom. The Balaban J connectivity index is 2.47. The molecule has 1 heterocycles. The van der Waals surface area contributed by atoms with Crippen LogP contribution in [0.2, 0.25) is 0 Å². The number of rotatable bonds is 2. The minimum atomic E-state index is -0.0507. The predicted octanol–water partition coefficient (Wildman–Crippen LogP) is 1.89. The molecular formula is C11H13N3. The van der Waals surface area contributed by atoms with E-state index in [0.29, 0.717) is 0 Å². The number of aromatic nitrogens is 2. The second kappa shape index (κ2) is 3.64. The lowest BCUT2D eigenvalue weighted by molar-refractivity contribution is 0.720. The highest BCUT2D eigenvalue weighted by atomic mass is 15.1. The molecule has 1 aromatic carbocycles. The molecule has 0 radical (unpaired) electrons. The summed E-state index contributed by atoms with van der Waals surface area (Å²) in [5.41, 5.74) is 6.91. The van der Waals surface area contributed by atoms with Crippen molar-refractivity contribution in [2.24, 2.45) is 5.73 Å². The van der Waals surface area contributed by atoms with Crippen molar-refractivity contribution in [1.29, 1.82) is 0 Å². The van der Waals surface area contributed by atoms with Crippen molar-refractivity contribution in [2.45, 2.75) is 13.0 Å². The number of benzene rings is 1. The van der Waals surface area contributed by atoms with Crippen LogP contribution in [0, 0.1) is 0 Å². The Morgan fingerprint density at radius 2 is 2.00 bits per heavy atom. The van der Waals surface area contributed by atoms with Crippen LogP contribution in [0.5, 0.6) is 0 Å². The maximum absolute atomic E-state index is 5.81. The third-order valence-corrected chi connectivity index (χ3v) is 2.11. The van der Waals surface area contributed by atoms with Crippen LogP contribution >= 0.6 is 0 Å². The molecule has 0 fully saturated rings. The van der Waals surface area contributed by atoms with E-state index in [2.05, 4.69) is 4.98 Å². The van der Waals surface area contributed by atoms with Gasteiger partial charge in [-0.2, -0.15) is 0 Å². The standard InChI is InChI=1S/C11H13N3/c1-9(12)11-13-7-8-14(11)10-5-3-2-4-6-10/h2-9H,12H2,1H3/t9-/m1/s1. The van der Waals surface area contributed by atoms with Gasteiger partial charge in [-0.25, -0.2) is 4.98 Å². The Hall–Kier alpha value is -1.61. The van der Waals surface area contributed by atoms with E-state index in [1.165, 1.54) is 0 Å². The van der Waals surface area contributed by atoms with Crippen molar-refractivity contribution < 1.29 is 0 Å². The second-order valence-electron chi connectivity index (χ2n) is 3.28. The first-order valence-corrected chi connectivity index (χ1v) is 4.63. The van der Waals surface area contributed by atoms with E-state index in [-0.39, 0.29) is 6.04 Å². The van der Waals surface area contributed by atoms with Crippen molar-refractivity contribution in [1.82, 2.24) is 9.55 Å². The van der Waals surface area contributed by atoms with Gasteiger partial charge in [0.05, 0.1) is 6.04 Å². The van der Waals surface area contributed by atoms with Gasteiger partial charge >= 0.3 is 0 Å². The van der Waals surface area contributed by atoms with Gasteiger partial charge in [0.1, 0.15) is 5.82 Å². The Bertz CT molecular complexity index is 403. The summed E-state index contributed by atoms with van der Waals surface area (Å²) in [4.78, 5) is 4.23. The van der Waals surface area contributed by atoms with Crippen LogP contribution in [-0.2, 0) is 0 Å². The first-order chi connectivity index (χ1) is 6.79. The Morgan fingerprint density at radius 3 is 2.64 bits per heavy atom. The molecule has 0 saturated carbocycles. The summed E-state index contributed by atoms with van der Waals surface area (Å²) < 4.78 is 2.00. The SMILES string of the molecule is C[C@@H](N)c1nccn1-c1ccccc1. The molecule has 0 unspecified atom stereocenters. The van der Waals surface area contributed by atoms with Crippen molar-refractivity contribution in [3.8, 4) is 5.69 Å². The number of nitrogens with two attached hydrogens (primary N) is 1. The van der Waals surface area contributed by atoms with E-state index in [1.807, 2.05) is 48.0 Å². The highest BCUT2D eigenvalue weighted by Crippen LogP contribution is 2.13. The maximum Gasteiger partial charge on any atom is 0.129 e. The molecule has 0 amide bonds. The summed E-state index contributed by atoms with van der Waals surface area (Å²) in [5.74, 6) is 0.885. The number of hydrogen-bond acceptors (Lipinski definition) is 2. The smallest absolute Gasteiger partial charge is 0.129 e. The van der Waals surface area contributed by atoms with Crippen LogP contribution in [0.15, 0.2) is 42.7 Å². The minimum absolute atomic E-state index is 0.0507. The van der Waals surface area contributed by atoms with Crippen molar-refractivity contribution in [3.05, 3.63) is 48.5 Å². The van der Waals surface area contributed by atoms with Gasteiger partial charge in [-0.05, 0) is 19.1 Å². The quantitative estimate of drug-likeness (QED) is 0.780. The van der Waals surface area contributed by atoms with Crippen molar-refractivity contribution in [3.63, 3.8) is 0 Å². The molecule has 72 valence electrons. The zero-order valence-corrected chi connectivity index (χ0v) is 8.09. The van der Waals surface area contributed by atoms with E-state index in [9.17, 15) is 0 Å². The van der Waals surface area contributed by atoms with Crippen molar-refractivity contribution >= 4 is 0 Å². The number of imidazole rings is 1. The number of hydrogen-bond donors (Lipinski definition) is 1. The molecule has 2 rings (SSSR count). The van der Waals surface area contributed by atoms with E-state index in [1.54, 1.807) is 6.20 Å². The maximum atomic E-state index is 5.81. The first kappa shape index (κ1) is 8.97. The lowest BCUT2D eigenvalue weighted by Gasteiger charge is -2.09. The summed E-state index contributed by atoms with van der Waals surface area (Å²) in [5, 5.41) is 0. The van der Waals surface area contributed by atoms with Crippen molar-refractivity contribution in [2.75, 3.05) is 0 Å². The molecule has 0 saturated heterocycles. The molecule has 0 aliphatic carbocycles. The molecule has 3 heteroatoms. The topological polar surface area (TPSA) is 43.8 Å². The molecule has 0 spiro atoms. The molecule has 1 atom stereocenters. The molecule has 14 heavy (non-hydrogen) atoms. The molecule has 2 aromatic rings. The first-order valence-electron chi connectivity index (χ1n) is 4.63. The van der Waals surface area contributed by atoms with E-state index in [0.717, 1.165) is 11.5 Å². The summed E-state index contributed by atoms with van der Waals surface area (Å²) in [6.45, 7) is 1.93. The van der Waals surface area contributed by atoms with Gasteiger partial charge < -0.3 is 10.3 Å². The second-order valence-corrected chi connectivity index (χ2v) is 3.28. The van der Waals surface area contributed by atoms with E-state index >= 15 is 0 Å². The van der Waals surface area contributed by atoms with Gasteiger partial charge in [-0.15, -0.1) is 0 Å². The predicted molar refractivity (Wildman–Crippen MR) is 56.2 cm³/mol. The third-order valence-electron chi connectivity index (χ3n) is 2.11. The highest BCUT2D eigenvalue weighted by molar-refractivity contribution is 5.33. The van der Waals surface area contributed by atoms with Gasteiger partial charge in [0.25, 0.3) is 0 Å². The van der Waals surface area contributed by atoms with Gasteiger partial charge in [-0.1, -0.05) is 18.2 Å². The highest BCUT2D eigenvalue weighted by Gasteiger charge is 2.07. The largest absolute Gasteiger partial charge is 0.322 e. The van der Waals surface area contributed by atoms with Gasteiger partial charge in [-0.3, -0.25) is 0 Å². The molecule has 1 aromatic heterocycles. The monoisotopic (exact) mass is 187 g/mol. The van der Waals surface area contributed by atoms with Crippen LogP contribution in [0.25, 0.3) is 5.69 Å². The van der Waals surface area contributed by atoms with Crippen LogP contribution < -0.4 is 5.73 Å². The molecular weight excluding hydrogens is 174 g/mol. The number of nitrogens with zero attached hydrogens (tertiary/aromatic N) is 2. The van der Waals surface area contributed by atoms with Gasteiger partial charge in [0.2, 0.25) is 0 Å². The summed E-state index contributed by atoms with van der Waals surface area (Å²) in [7, 11) is 0. The fourth-order valence-corrected chi connectivity index (χ4v) is 1.46. The molecule has 0 aliphatic rings. The normalized spacial score (nSPS) is 12.7. The van der Waals surface area contributed by atoms with Crippen LogP contribution in [-0.4, -0.2) is 9.55 Å². The fraction of sp³-hybridized carbons (Fsp3) is 0.182. The molecule has 0 aliphatic heterocycles. The minimum Gasteiger partial charge on any atom is -0.322 e. The van der Waals surface area contributed by atoms with Crippen LogP contribution in [0.4, 0.5) is 0 Å². The van der Waals surface area contributed by atoms with Gasteiger partial charge in [0, 0.05) is 18.1 Å². The third kappa shape index (κ3) is 1.54. The van der Waals surface area contributed by atoms with Crippen LogP contribution in [0.1, 0.15) is 18.8 Å². The van der Waals surface area contributed by atoms with Gasteiger partial charge in [0.15, 0.2) is 0 Å². The molecule has 2 N–H and O–H groups in total. The lowest BCUT2D eigenvalue weighted by atomic mass is 10.3. The van der Waals surface area contributed by atoms with Crippen LogP contribution in [0.3, 0.4) is 0 Å².